The first-order valence-corrected chi connectivity index (χ1v) is 6.42. The summed E-state index contributed by atoms with van der Waals surface area (Å²) in [5.41, 5.74) is 3.04. The maximum absolute atomic E-state index is 11.5. The molecule has 1 atom stereocenters. The summed E-state index contributed by atoms with van der Waals surface area (Å²) in [6, 6.07) is 9.75. The van der Waals surface area contributed by atoms with Gasteiger partial charge in [-0.1, -0.05) is 0 Å². The van der Waals surface area contributed by atoms with Crippen LogP contribution in [-0.4, -0.2) is 29.3 Å². The highest BCUT2D eigenvalue weighted by atomic mass is 16.5. The van der Waals surface area contributed by atoms with Gasteiger partial charge in [-0.25, -0.2) is 10.2 Å². The summed E-state index contributed by atoms with van der Waals surface area (Å²) in [5, 5.41) is 12.5. The van der Waals surface area contributed by atoms with Gasteiger partial charge in [-0.3, -0.25) is 4.79 Å². The number of carbonyl (C=O) groups excluding carboxylic acids is 1. The number of hydrogen-bond donors (Lipinski definition) is 2. The number of carbonyl (C=O) groups is 2. The van der Waals surface area contributed by atoms with Crippen molar-refractivity contribution in [2.75, 3.05) is 0 Å². The van der Waals surface area contributed by atoms with E-state index in [0.717, 1.165) is 5.56 Å². The third-order valence-electron chi connectivity index (χ3n) is 2.67. The Labute approximate surface area is 126 Å². The third kappa shape index (κ3) is 4.20. The number of amides is 1. The average molecular weight is 302 g/mol. The van der Waals surface area contributed by atoms with Gasteiger partial charge in [0.25, 0.3) is 0 Å². The molecule has 1 unspecified atom stereocenters. The van der Waals surface area contributed by atoms with Crippen molar-refractivity contribution >= 4 is 18.1 Å². The zero-order valence-corrected chi connectivity index (χ0v) is 11.7. The van der Waals surface area contributed by atoms with E-state index in [1.54, 1.807) is 30.3 Å². The van der Waals surface area contributed by atoms with Crippen molar-refractivity contribution in [3.63, 3.8) is 0 Å². The van der Waals surface area contributed by atoms with Gasteiger partial charge in [0, 0.05) is 0 Å². The van der Waals surface area contributed by atoms with Gasteiger partial charge in [0.05, 0.1) is 12.5 Å². The van der Waals surface area contributed by atoms with Crippen LogP contribution >= 0.6 is 0 Å². The number of nitrogens with zero attached hydrogens (tertiary/aromatic N) is 1. The largest absolute Gasteiger partial charge is 0.479 e. The summed E-state index contributed by atoms with van der Waals surface area (Å²) in [4.78, 5) is 22.2. The second kappa shape index (κ2) is 7.07. The molecule has 0 spiro atoms. The minimum absolute atomic E-state index is 0.170. The van der Waals surface area contributed by atoms with Gasteiger partial charge < -0.3 is 14.3 Å². The van der Waals surface area contributed by atoms with Crippen molar-refractivity contribution in [2.45, 2.75) is 13.0 Å². The highest BCUT2D eigenvalue weighted by molar-refractivity contribution is 5.92. The van der Waals surface area contributed by atoms with Crippen molar-refractivity contribution in [3.05, 3.63) is 54.0 Å². The van der Waals surface area contributed by atoms with E-state index >= 15 is 0 Å². The first-order valence-electron chi connectivity index (χ1n) is 6.42. The Morgan fingerprint density at radius 1 is 1.32 bits per heavy atom. The highest BCUT2D eigenvalue weighted by Gasteiger charge is 2.11. The second-order valence-electron chi connectivity index (χ2n) is 4.34. The van der Waals surface area contributed by atoms with E-state index in [4.69, 9.17) is 14.3 Å². The molecule has 2 rings (SSSR count). The monoisotopic (exact) mass is 302 g/mol. The molecule has 0 aliphatic carbocycles. The molecule has 2 aromatic rings. The van der Waals surface area contributed by atoms with E-state index < -0.39 is 18.0 Å². The first kappa shape index (κ1) is 15.3. The third-order valence-corrected chi connectivity index (χ3v) is 2.67. The molecule has 0 fully saturated rings. The van der Waals surface area contributed by atoms with Gasteiger partial charge in [0.1, 0.15) is 5.75 Å². The summed E-state index contributed by atoms with van der Waals surface area (Å²) in [6.45, 7) is 1.45. The Balaban J connectivity index is 1.89. The molecule has 1 amide bonds. The van der Waals surface area contributed by atoms with Crippen molar-refractivity contribution in [3.8, 4) is 5.75 Å². The van der Waals surface area contributed by atoms with Gasteiger partial charge in [0.2, 0.25) is 0 Å². The standard InChI is InChI=1S/C15H14N2O5/c1-10(15(19)20)22-12-6-4-11(5-7-12)9-16-17-14(18)13-3-2-8-21-13/h2-10H,1H3,(H,17,18)(H,19,20). The van der Waals surface area contributed by atoms with Crippen LogP contribution in [0.1, 0.15) is 23.0 Å². The lowest BCUT2D eigenvalue weighted by molar-refractivity contribution is -0.144. The molecule has 1 heterocycles. The van der Waals surface area contributed by atoms with Gasteiger partial charge in [-0.15, -0.1) is 0 Å². The molecular weight excluding hydrogens is 288 g/mol. The molecule has 0 radical (unpaired) electrons. The number of benzene rings is 1. The molecule has 0 saturated heterocycles. The predicted octanol–water partition coefficient (Wildman–Crippen LogP) is 1.90. The zero-order valence-electron chi connectivity index (χ0n) is 11.7. The maximum atomic E-state index is 11.5. The fourth-order valence-corrected chi connectivity index (χ4v) is 1.52. The van der Waals surface area contributed by atoms with Crippen LogP contribution in [0.3, 0.4) is 0 Å². The van der Waals surface area contributed by atoms with Crippen LogP contribution in [0.2, 0.25) is 0 Å². The van der Waals surface area contributed by atoms with Crippen LogP contribution in [0.5, 0.6) is 5.75 Å². The second-order valence-corrected chi connectivity index (χ2v) is 4.34. The molecule has 1 aromatic carbocycles. The Morgan fingerprint density at radius 3 is 2.64 bits per heavy atom. The van der Waals surface area contributed by atoms with Crippen LogP contribution in [0.4, 0.5) is 0 Å². The van der Waals surface area contributed by atoms with Gasteiger partial charge >= 0.3 is 11.9 Å². The smallest absolute Gasteiger partial charge is 0.344 e. The summed E-state index contributed by atoms with van der Waals surface area (Å²) < 4.78 is 10.1. The van der Waals surface area contributed by atoms with Crippen LogP contribution in [0.25, 0.3) is 0 Å². The molecule has 0 aliphatic heterocycles. The lowest BCUT2D eigenvalue weighted by Crippen LogP contribution is -2.22. The Morgan fingerprint density at radius 2 is 2.05 bits per heavy atom. The molecule has 2 N–H and O–H groups in total. The predicted molar refractivity (Wildman–Crippen MR) is 77.9 cm³/mol. The summed E-state index contributed by atoms with van der Waals surface area (Å²) >= 11 is 0. The van der Waals surface area contributed by atoms with Crippen molar-refractivity contribution in [2.24, 2.45) is 5.10 Å². The molecule has 22 heavy (non-hydrogen) atoms. The van der Waals surface area contributed by atoms with E-state index in [1.807, 2.05) is 0 Å². The fraction of sp³-hybridized carbons (Fsp3) is 0.133. The number of aliphatic carboxylic acids is 1. The minimum atomic E-state index is -1.04. The SMILES string of the molecule is CC(Oc1ccc(C=NNC(=O)c2ccco2)cc1)C(=O)O. The summed E-state index contributed by atoms with van der Waals surface area (Å²) in [7, 11) is 0. The molecular formula is C15H14N2O5. The Bertz CT molecular complexity index is 662. The Hall–Kier alpha value is -3.09. The summed E-state index contributed by atoms with van der Waals surface area (Å²) in [5.74, 6) is -0.877. The lowest BCUT2D eigenvalue weighted by atomic mass is 10.2. The molecule has 0 saturated carbocycles. The minimum Gasteiger partial charge on any atom is -0.479 e. The molecule has 1 aromatic heterocycles. The van der Waals surface area contributed by atoms with Gasteiger partial charge in [-0.05, 0) is 48.9 Å². The molecule has 0 bridgehead atoms. The fourth-order valence-electron chi connectivity index (χ4n) is 1.52. The average Bonchev–Trinajstić information content (AvgIpc) is 3.03. The lowest BCUT2D eigenvalue weighted by Gasteiger charge is -2.09. The number of rotatable bonds is 6. The van der Waals surface area contributed by atoms with Crippen molar-refractivity contribution in [1.29, 1.82) is 0 Å². The number of ether oxygens (including phenoxy) is 1. The first-order chi connectivity index (χ1) is 10.6. The molecule has 7 nitrogen and oxygen atoms in total. The number of hydrogen-bond acceptors (Lipinski definition) is 5. The van der Waals surface area contributed by atoms with Crippen LogP contribution in [0, 0.1) is 0 Å². The van der Waals surface area contributed by atoms with Crippen LogP contribution in [0.15, 0.2) is 52.2 Å². The summed E-state index contributed by atoms with van der Waals surface area (Å²) in [6.07, 6.45) is 1.92. The number of carboxylic acids is 1. The van der Waals surface area contributed by atoms with E-state index in [9.17, 15) is 9.59 Å². The quantitative estimate of drug-likeness (QED) is 0.627. The highest BCUT2D eigenvalue weighted by Crippen LogP contribution is 2.13. The Kier molecular flexibility index (Phi) is 4.92. The van der Waals surface area contributed by atoms with E-state index in [1.165, 1.54) is 25.5 Å². The zero-order chi connectivity index (χ0) is 15.9. The molecule has 114 valence electrons. The van der Waals surface area contributed by atoms with Crippen molar-refractivity contribution in [1.82, 2.24) is 5.43 Å². The van der Waals surface area contributed by atoms with Crippen molar-refractivity contribution < 1.29 is 23.8 Å². The molecule has 7 heteroatoms. The molecule has 0 aliphatic rings. The van der Waals surface area contributed by atoms with E-state index in [-0.39, 0.29) is 5.76 Å². The van der Waals surface area contributed by atoms with E-state index in [0.29, 0.717) is 5.75 Å². The number of hydrazone groups is 1. The van der Waals surface area contributed by atoms with Crippen LogP contribution in [-0.2, 0) is 4.79 Å². The maximum Gasteiger partial charge on any atom is 0.344 e. The number of carboxylic acid groups (broad SMARTS) is 1. The van der Waals surface area contributed by atoms with E-state index in [2.05, 4.69) is 10.5 Å². The number of nitrogens with one attached hydrogen (secondary N) is 1. The number of furan rings is 1. The van der Waals surface area contributed by atoms with Crippen LogP contribution < -0.4 is 10.2 Å². The topological polar surface area (TPSA) is 101 Å². The van der Waals surface area contributed by atoms with Gasteiger partial charge in [0.15, 0.2) is 11.9 Å². The van der Waals surface area contributed by atoms with Gasteiger partial charge in [-0.2, -0.15) is 5.10 Å². The normalized spacial score (nSPS) is 12.0.